The van der Waals surface area contributed by atoms with Gasteiger partial charge in [-0.1, -0.05) is 153 Å². The number of rotatable bonds is 29. The Bertz CT molecular complexity index is 555. The molecule has 0 aromatic heterocycles. The topological polar surface area (TPSA) is 63.6 Å². The molecular weight excluding hydrogens is 460 g/mol. The zero-order valence-electron chi connectivity index (χ0n) is 24.4. The molecule has 0 bridgehead atoms. The lowest BCUT2D eigenvalue weighted by Gasteiger charge is -2.13. The van der Waals surface area contributed by atoms with Crippen molar-refractivity contribution in [2.24, 2.45) is 5.92 Å². The maximum atomic E-state index is 12.0. The summed E-state index contributed by atoms with van der Waals surface area (Å²) in [6, 6.07) is 0. The Hall–Kier alpha value is -1.58. The molecule has 0 spiro atoms. The van der Waals surface area contributed by atoms with Crippen LogP contribution in [0.25, 0.3) is 0 Å². The molecule has 1 unspecified atom stereocenters. The number of aliphatic carboxylic acids is 1. The summed E-state index contributed by atoms with van der Waals surface area (Å²) in [5.41, 5.74) is 0. The molecule has 0 amide bonds. The molecule has 0 aromatic carbocycles. The minimum absolute atomic E-state index is 0.145. The summed E-state index contributed by atoms with van der Waals surface area (Å²) < 4.78 is 5.04. The fraction of sp³-hybridized carbons (Fsp3) is 0.818. The smallest absolute Gasteiger partial charge is 0.309 e. The quantitative estimate of drug-likeness (QED) is 0.0605. The molecule has 216 valence electrons. The highest BCUT2D eigenvalue weighted by Gasteiger charge is 2.22. The van der Waals surface area contributed by atoms with E-state index in [9.17, 15) is 9.59 Å². The summed E-state index contributed by atoms with van der Waals surface area (Å²) >= 11 is 0. The van der Waals surface area contributed by atoms with Gasteiger partial charge in [-0.3, -0.25) is 9.59 Å². The molecule has 0 saturated carbocycles. The van der Waals surface area contributed by atoms with Gasteiger partial charge in [0.25, 0.3) is 0 Å². The Morgan fingerprint density at radius 1 is 0.676 bits per heavy atom. The minimum Gasteiger partial charge on any atom is -0.481 e. The Balaban J connectivity index is 3.33. The van der Waals surface area contributed by atoms with Crippen LogP contribution in [-0.4, -0.2) is 23.7 Å². The van der Waals surface area contributed by atoms with E-state index in [0.29, 0.717) is 6.42 Å². The molecule has 0 aliphatic rings. The van der Waals surface area contributed by atoms with E-state index in [2.05, 4.69) is 25.7 Å². The fourth-order valence-electron chi connectivity index (χ4n) is 4.95. The van der Waals surface area contributed by atoms with Gasteiger partial charge in [0.1, 0.15) is 6.61 Å². The van der Waals surface area contributed by atoms with Crippen molar-refractivity contribution in [1.29, 1.82) is 0 Å². The third-order valence-electron chi connectivity index (χ3n) is 7.26. The van der Waals surface area contributed by atoms with Crippen molar-refractivity contribution in [2.75, 3.05) is 6.61 Å². The molecule has 0 aliphatic heterocycles. The molecule has 0 heterocycles. The van der Waals surface area contributed by atoms with E-state index in [1.165, 1.54) is 134 Å². The Kier molecular flexibility index (Phi) is 27.7. The number of carbonyl (C=O) groups excluding carboxylic acids is 1. The zero-order valence-corrected chi connectivity index (χ0v) is 24.4. The molecule has 0 rings (SSSR count). The van der Waals surface area contributed by atoms with E-state index in [-0.39, 0.29) is 13.0 Å². The van der Waals surface area contributed by atoms with Gasteiger partial charge >= 0.3 is 11.9 Å². The Morgan fingerprint density at radius 2 is 1.05 bits per heavy atom. The second-order valence-electron chi connectivity index (χ2n) is 10.8. The number of carboxylic acid groups (broad SMARTS) is 1. The van der Waals surface area contributed by atoms with E-state index < -0.39 is 17.9 Å². The van der Waals surface area contributed by atoms with Crippen molar-refractivity contribution >= 4 is 11.9 Å². The standard InChI is InChI=1S/C33H60O4/c1-3-5-6-7-8-9-10-11-12-13-14-15-16-17-18-19-20-21-22-23-24-25-26-27-28-31(30-32(34)35)33(36)37-29-4-2/h3-5,31H,2,6-30H2,1H3,(H,34,35)/b5-3+. The van der Waals surface area contributed by atoms with E-state index >= 15 is 0 Å². The summed E-state index contributed by atoms with van der Waals surface area (Å²) in [4.78, 5) is 23.0. The maximum absolute atomic E-state index is 12.0. The van der Waals surface area contributed by atoms with Gasteiger partial charge in [0.05, 0.1) is 12.3 Å². The molecule has 0 aliphatic carbocycles. The summed E-state index contributed by atoms with van der Waals surface area (Å²) in [6.07, 6.45) is 35.8. The predicted molar refractivity (Wildman–Crippen MR) is 158 cm³/mol. The van der Waals surface area contributed by atoms with Crippen molar-refractivity contribution in [2.45, 2.75) is 161 Å². The SMILES string of the molecule is C=CCOC(=O)C(CCCCCCCCCCCCCCCCCCCCCCC/C=C/C)CC(=O)O. The van der Waals surface area contributed by atoms with Crippen LogP contribution in [0, 0.1) is 5.92 Å². The Labute approximate surface area is 229 Å². The number of esters is 1. The second kappa shape index (κ2) is 29.0. The van der Waals surface area contributed by atoms with Crippen molar-refractivity contribution < 1.29 is 19.4 Å². The summed E-state index contributed by atoms with van der Waals surface area (Å²) in [7, 11) is 0. The first-order valence-electron chi connectivity index (χ1n) is 15.7. The van der Waals surface area contributed by atoms with Gasteiger partial charge in [-0.05, 0) is 26.2 Å². The van der Waals surface area contributed by atoms with Crippen LogP contribution in [0.4, 0.5) is 0 Å². The molecule has 1 N–H and O–H groups in total. The van der Waals surface area contributed by atoms with E-state index in [1.807, 2.05) is 0 Å². The molecular formula is C33H60O4. The number of carboxylic acids is 1. The van der Waals surface area contributed by atoms with Gasteiger partial charge in [0, 0.05) is 0 Å². The number of allylic oxidation sites excluding steroid dienone is 2. The zero-order chi connectivity index (χ0) is 27.2. The van der Waals surface area contributed by atoms with Crippen molar-refractivity contribution in [3.8, 4) is 0 Å². The predicted octanol–water partition coefficient (Wildman–Crippen LogP) is 10.4. The average molecular weight is 521 g/mol. The third kappa shape index (κ3) is 27.3. The molecule has 0 radical (unpaired) electrons. The molecule has 0 aromatic rings. The lowest BCUT2D eigenvalue weighted by atomic mass is 9.97. The lowest BCUT2D eigenvalue weighted by molar-refractivity contribution is -0.152. The van der Waals surface area contributed by atoms with Crippen molar-refractivity contribution in [3.05, 3.63) is 24.8 Å². The minimum atomic E-state index is -0.941. The normalized spacial score (nSPS) is 12.1. The van der Waals surface area contributed by atoms with Gasteiger partial charge in [-0.15, -0.1) is 0 Å². The summed E-state index contributed by atoms with van der Waals surface area (Å²) in [5, 5.41) is 9.02. The highest BCUT2D eigenvalue weighted by Crippen LogP contribution is 2.18. The largest absolute Gasteiger partial charge is 0.481 e. The van der Waals surface area contributed by atoms with Gasteiger partial charge < -0.3 is 9.84 Å². The van der Waals surface area contributed by atoms with Crippen LogP contribution in [0.15, 0.2) is 24.8 Å². The van der Waals surface area contributed by atoms with Crippen LogP contribution in [0.1, 0.15) is 161 Å². The van der Waals surface area contributed by atoms with Crippen LogP contribution in [0.5, 0.6) is 0 Å². The van der Waals surface area contributed by atoms with Gasteiger partial charge in [-0.2, -0.15) is 0 Å². The van der Waals surface area contributed by atoms with Gasteiger partial charge in [0.15, 0.2) is 0 Å². The number of hydrogen-bond donors (Lipinski definition) is 1. The van der Waals surface area contributed by atoms with Crippen molar-refractivity contribution in [1.82, 2.24) is 0 Å². The van der Waals surface area contributed by atoms with E-state index in [4.69, 9.17) is 9.84 Å². The summed E-state index contributed by atoms with van der Waals surface area (Å²) in [6.45, 7) is 5.77. The van der Waals surface area contributed by atoms with Crippen LogP contribution < -0.4 is 0 Å². The molecule has 0 saturated heterocycles. The number of unbranched alkanes of at least 4 members (excludes halogenated alkanes) is 21. The fourth-order valence-corrected chi connectivity index (χ4v) is 4.95. The number of ether oxygens (including phenoxy) is 1. The monoisotopic (exact) mass is 520 g/mol. The van der Waals surface area contributed by atoms with Crippen LogP contribution in [-0.2, 0) is 14.3 Å². The third-order valence-corrected chi connectivity index (χ3v) is 7.26. The average Bonchev–Trinajstić information content (AvgIpc) is 2.88. The highest BCUT2D eigenvalue weighted by molar-refractivity contribution is 5.79. The van der Waals surface area contributed by atoms with Crippen molar-refractivity contribution in [3.63, 3.8) is 0 Å². The van der Waals surface area contributed by atoms with Gasteiger partial charge in [-0.25, -0.2) is 0 Å². The number of carbonyl (C=O) groups is 2. The van der Waals surface area contributed by atoms with Gasteiger partial charge in [0.2, 0.25) is 0 Å². The first-order valence-corrected chi connectivity index (χ1v) is 15.7. The van der Waals surface area contributed by atoms with E-state index in [1.54, 1.807) is 0 Å². The molecule has 4 heteroatoms. The summed E-state index contributed by atoms with van der Waals surface area (Å²) in [5.74, 6) is -1.88. The first-order chi connectivity index (χ1) is 18.1. The first kappa shape index (κ1) is 35.4. The lowest BCUT2D eigenvalue weighted by Crippen LogP contribution is -2.21. The molecule has 37 heavy (non-hydrogen) atoms. The highest BCUT2D eigenvalue weighted by atomic mass is 16.5. The molecule has 1 atom stereocenters. The van der Waals surface area contributed by atoms with E-state index in [0.717, 1.165) is 12.8 Å². The molecule has 4 nitrogen and oxygen atoms in total. The number of hydrogen-bond acceptors (Lipinski definition) is 3. The van der Waals surface area contributed by atoms with Crippen LogP contribution in [0.3, 0.4) is 0 Å². The molecule has 0 fully saturated rings. The van der Waals surface area contributed by atoms with Crippen LogP contribution >= 0.6 is 0 Å². The second-order valence-corrected chi connectivity index (χ2v) is 10.8. The maximum Gasteiger partial charge on any atom is 0.309 e. The Morgan fingerprint density at radius 3 is 1.41 bits per heavy atom. The van der Waals surface area contributed by atoms with Crippen LogP contribution in [0.2, 0.25) is 0 Å².